The van der Waals surface area contributed by atoms with Crippen molar-refractivity contribution < 1.29 is 14.3 Å². The molecule has 0 fully saturated rings. The van der Waals surface area contributed by atoms with Crippen LogP contribution < -0.4 is 5.32 Å². The van der Waals surface area contributed by atoms with Gasteiger partial charge in [-0.3, -0.25) is 4.79 Å². The van der Waals surface area contributed by atoms with Crippen LogP contribution in [0.4, 0.5) is 5.69 Å². The second-order valence-electron chi connectivity index (χ2n) is 5.24. The van der Waals surface area contributed by atoms with Gasteiger partial charge in [-0.05, 0) is 18.2 Å². The summed E-state index contributed by atoms with van der Waals surface area (Å²) in [6, 6.07) is 15.4. The molecule has 0 bridgehead atoms. The summed E-state index contributed by atoms with van der Waals surface area (Å²) in [4.78, 5) is 17.0. The Kier molecular flexibility index (Phi) is 5.40. The number of hydrogen-bond donors (Lipinski definition) is 1. The molecule has 124 valence electrons. The van der Waals surface area contributed by atoms with Gasteiger partial charge in [0.2, 0.25) is 6.23 Å². The number of amides is 1. The van der Waals surface area contributed by atoms with Crippen LogP contribution in [-0.4, -0.2) is 38.2 Å². The minimum atomic E-state index is -0.915. The van der Waals surface area contributed by atoms with E-state index in [1.165, 1.54) is 0 Å². The normalized spacial score (nSPS) is 16.8. The SMILES string of the molecule is COCCO[C@@H]1N=C(c2ccccc2)c2cc(Br)ccc2NC1=O. The van der Waals surface area contributed by atoms with Crippen molar-refractivity contribution in [3.8, 4) is 0 Å². The van der Waals surface area contributed by atoms with E-state index in [0.29, 0.717) is 24.6 Å². The van der Waals surface area contributed by atoms with E-state index in [4.69, 9.17) is 9.47 Å². The molecule has 1 aliphatic heterocycles. The number of nitrogens with zero attached hydrogens (tertiary/aromatic N) is 1. The van der Waals surface area contributed by atoms with E-state index in [2.05, 4.69) is 26.2 Å². The van der Waals surface area contributed by atoms with Crippen LogP contribution in [0.1, 0.15) is 11.1 Å². The number of carbonyl (C=O) groups excluding carboxylic acids is 1. The highest BCUT2D eigenvalue weighted by Crippen LogP contribution is 2.27. The Morgan fingerprint density at radius 3 is 2.71 bits per heavy atom. The van der Waals surface area contributed by atoms with Gasteiger partial charge in [-0.1, -0.05) is 46.3 Å². The molecule has 0 saturated heterocycles. The number of rotatable bonds is 5. The summed E-state index contributed by atoms with van der Waals surface area (Å²) < 4.78 is 11.5. The number of hydrogen-bond acceptors (Lipinski definition) is 4. The molecule has 3 rings (SSSR count). The van der Waals surface area contributed by atoms with Crippen molar-refractivity contribution in [2.75, 3.05) is 25.6 Å². The van der Waals surface area contributed by atoms with Crippen LogP contribution in [-0.2, 0) is 14.3 Å². The molecule has 1 aliphatic rings. The Bertz CT molecular complexity index is 762. The van der Waals surface area contributed by atoms with Gasteiger partial charge in [0, 0.05) is 22.7 Å². The van der Waals surface area contributed by atoms with E-state index in [9.17, 15) is 4.79 Å². The van der Waals surface area contributed by atoms with E-state index < -0.39 is 6.23 Å². The molecule has 6 heteroatoms. The lowest BCUT2D eigenvalue weighted by atomic mass is 10.0. The first kappa shape index (κ1) is 16.8. The monoisotopic (exact) mass is 388 g/mol. The van der Waals surface area contributed by atoms with Crippen molar-refractivity contribution in [1.82, 2.24) is 0 Å². The number of methoxy groups -OCH3 is 1. The van der Waals surface area contributed by atoms with Crippen molar-refractivity contribution in [2.45, 2.75) is 6.23 Å². The van der Waals surface area contributed by atoms with E-state index in [1.807, 2.05) is 48.5 Å². The molecule has 2 aromatic rings. The summed E-state index contributed by atoms with van der Waals surface area (Å²) in [5.41, 5.74) is 3.20. The van der Waals surface area contributed by atoms with Gasteiger partial charge >= 0.3 is 0 Å². The molecular weight excluding hydrogens is 372 g/mol. The van der Waals surface area contributed by atoms with Gasteiger partial charge in [-0.25, -0.2) is 4.99 Å². The first-order valence-electron chi connectivity index (χ1n) is 7.53. The molecule has 5 nitrogen and oxygen atoms in total. The number of carbonyl (C=O) groups is 1. The third-order valence-electron chi connectivity index (χ3n) is 3.58. The molecule has 0 radical (unpaired) electrons. The predicted octanol–water partition coefficient (Wildman–Crippen LogP) is 3.23. The van der Waals surface area contributed by atoms with Crippen LogP contribution in [0, 0.1) is 0 Å². The van der Waals surface area contributed by atoms with E-state index >= 15 is 0 Å². The van der Waals surface area contributed by atoms with Crippen molar-refractivity contribution in [2.24, 2.45) is 4.99 Å². The van der Waals surface area contributed by atoms with Crippen molar-refractivity contribution >= 4 is 33.2 Å². The zero-order chi connectivity index (χ0) is 16.9. The average molecular weight is 389 g/mol. The summed E-state index contributed by atoms with van der Waals surface area (Å²) in [7, 11) is 1.59. The predicted molar refractivity (Wildman–Crippen MR) is 96.5 cm³/mol. The number of nitrogens with one attached hydrogen (secondary N) is 1. The molecule has 0 spiro atoms. The van der Waals surface area contributed by atoms with E-state index in [1.54, 1.807) is 7.11 Å². The molecular formula is C18H17BrN2O3. The van der Waals surface area contributed by atoms with E-state index in [0.717, 1.165) is 15.6 Å². The smallest absolute Gasteiger partial charge is 0.276 e. The standard InChI is InChI=1S/C18H17BrN2O3/c1-23-9-10-24-18-17(22)20-15-8-7-13(19)11-14(15)16(21-18)12-5-3-2-4-6-12/h2-8,11,18H,9-10H2,1H3,(H,20,22)/t18-/m0/s1. The van der Waals surface area contributed by atoms with Gasteiger partial charge in [-0.15, -0.1) is 0 Å². The topological polar surface area (TPSA) is 59.9 Å². The van der Waals surface area contributed by atoms with Crippen LogP contribution >= 0.6 is 15.9 Å². The zero-order valence-corrected chi connectivity index (χ0v) is 14.7. The molecule has 1 N–H and O–H groups in total. The van der Waals surface area contributed by atoms with Gasteiger partial charge in [-0.2, -0.15) is 0 Å². The molecule has 2 aromatic carbocycles. The third-order valence-corrected chi connectivity index (χ3v) is 4.07. The Hall–Kier alpha value is -2.02. The number of fused-ring (bicyclic) bond motifs is 1. The molecule has 0 aromatic heterocycles. The largest absolute Gasteiger partial charge is 0.382 e. The number of halogens is 1. The Morgan fingerprint density at radius 2 is 1.96 bits per heavy atom. The highest BCUT2D eigenvalue weighted by Gasteiger charge is 2.26. The number of ether oxygens (including phenoxy) is 2. The molecule has 24 heavy (non-hydrogen) atoms. The molecule has 0 aliphatic carbocycles. The lowest BCUT2D eigenvalue weighted by Crippen LogP contribution is -2.29. The summed E-state index contributed by atoms with van der Waals surface area (Å²) in [5.74, 6) is -0.291. The lowest BCUT2D eigenvalue weighted by molar-refractivity contribution is -0.127. The van der Waals surface area contributed by atoms with Crippen molar-refractivity contribution in [3.05, 3.63) is 64.1 Å². The fourth-order valence-electron chi connectivity index (χ4n) is 2.44. The van der Waals surface area contributed by atoms with Gasteiger partial charge in [0.15, 0.2) is 0 Å². The fraction of sp³-hybridized carbons (Fsp3) is 0.222. The van der Waals surface area contributed by atoms with Crippen LogP contribution in [0.25, 0.3) is 0 Å². The summed E-state index contributed by atoms with van der Waals surface area (Å²) in [6.07, 6.45) is -0.915. The van der Waals surface area contributed by atoms with Crippen molar-refractivity contribution in [1.29, 1.82) is 0 Å². The first-order valence-corrected chi connectivity index (χ1v) is 8.33. The lowest BCUT2D eigenvalue weighted by Gasteiger charge is -2.12. The first-order chi connectivity index (χ1) is 11.7. The number of aliphatic imine (C=N–C) groups is 1. The molecule has 1 heterocycles. The second-order valence-corrected chi connectivity index (χ2v) is 6.15. The van der Waals surface area contributed by atoms with Gasteiger partial charge in [0.05, 0.1) is 24.6 Å². The quantitative estimate of drug-likeness (QED) is 0.799. The van der Waals surface area contributed by atoms with Crippen LogP contribution in [0.15, 0.2) is 58.0 Å². The molecule has 0 unspecified atom stereocenters. The van der Waals surface area contributed by atoms with E-state index in [-0.39, 0.29) is 5.91 Å². The minimum Gasteiger partial charge on any atom is -0.382 e. The summed E-state index contributed by atoms with van der Waals surface area (Å²) in [5, 5.41) is 2.89. The van der Waals surface area contributed by atoms with Crippen LogP contribution in [0.3, 0.4) is 0 Å². The Labute approximate surface area is 148 Å². The number of benzodiazepines with no additional fused rings is 1. The molecule has 0 saturated carbocycles. The number of benzene rings is 2. The minimum absolute atomic E-state index is 0.291. The summed E-state index contributed by atoms with van der Waals surface area (Å²) in [6.45, 7) is 0.693. The summed E-state index contributed by atoms with van der Waals surface area (Å²) >= 11 is 3.48. The zero-order valence-electron chi connectivity index (χ0n) is 13.2. The Morgan fingerprint density at radius 1 is 1.17 bits per heavy atom. The average Bonchev–Trinajstić information content (AvgIpc) is 2.73. The maximum absolute atomic E-state index is 12.4. The van der Waals surface area contributed by atoms with Crippen molar-refractivity contribution in [3.63, 3.8) is 0 Å². The van der Waals surface area contributed by atoms with Gasteiger partial charge in [0.25, 0.3) is 5.91 Å². The maximum atomic E-state index is 12.4. The molecule has 1 atom stereocenters. The molecule has 1 amide bonds. The fourth-order valence-corrected chi connectivity index (χ4v) is 2.80. The highest BCUT2D eigenvalue weighted by molar-refractivity contribution is 9.10. The van der Waals surface area contributed by atoms with Gasteiger partial charge in [0.1, 0.15) is 0 Å². The second kappa shape index (κ2) is 7.70. The maximum Gasteiger partial charge on any atom is 0.276 e. The third kappa shape index (κ3) is 3.72. The van der Waals surface area contributed by atoms with Gasteiger partial charge < -0.3 is 14.8 Å². The number of anilines is 1. The highest BCUT2D eigenvalue weighted by atomic mass is 79.9. The Balaban J connectivity index is 2.06. The van der Waals surface area contributed by atoms with Crippen LogP contribution in [0.2, 0.25) is 0 Å². The van der Waals surface area contributed by atoms with Crippen LogP contribution in [0.5, 0.6) is 0 Å².